The van der Waals surface area contributed by atoms with E-state index >= 15 is 0 Å². The SMILES string of the molecule is C[C@]12CC[C@H]3[C@@H](C=CC4=CC(=O)CC[C@@H]43)[C@@H]1CC[C@@]21CCC1=O. The maximum absolute atomic E-state index is 12.5. The summed E-state index contributed by atoms with van der Waals surface area (Å²) in [5.41, 5.74) is 1.56. The monoisotopic (exact) mass is 310 g/mol. The summed E-state index contributed by atoms with van der Waals surface area (Å²) in [5.74, 6) is 3.49. The molecule has 0 aromatic heterocycles. The molecule has 5 aliphatic carbocycles. The van der Waals surface area contributed by atoms with Gasteiger partial charge < -0.3 is 0 Å². The normalized spacial score (nSPS) is 50.9. The van der Waals surface area contributed by atoms with Crippen molar-refractivity contribution < 1.29 is 9.59 Å². The average molecular weight is 310 g/mol. The number of carbonyl (C=O) groups is 2. The van der Waals surface area contributed by atoms with Crippen LogP contribution in [-0.2, 0) is 9.59 Å². The van der Waals surface area contributed by atoms with Crippen LogP contribution in [0.15, 0.2) is 23.8 Å². The zero-order valence-corrected chi connectivity index (χ0v) is 14.0. The predicted octanol–water partition coefficient (Wildman–Crippen LogP) is 4.25. The molecule has 0 radical (unpaired) electrons. The topological polar surface area (TPSA) is 34.1 Å². The Morgan fingerprint density at radius 2 is 1.91 bits per heavy atom. The second-order valence-corrected chi connectivity index (χ2v) is 8.96. The summed E-state index contributed by atoms with van der Waals surface area (Å²) in [6.07, 6.45) is 15.1. The highest BCUT2D eigenvalue weighted by Gasteiger charge is 2.67. The molecule has 0 N–H and O–H groups in total. The van der Waals surface area contributed by atoms with Gasteiger partial charge in [-0.2, -0.15) is 0 Å². The van der Waals surface area contributed by atoms with Gasteiger partial charge in [0, 0.05) is 18.3 Å². The first-order valence-corrected chi connectivity index (χ1v) is 9.51. The first-order valence-electron chi connectivity index (χ1n) is 9.51. The Hall–Kier alpha value is -1.18. The van der Waals surface area contributed by atoms with Gasteiger partial charge in [0.25, 0.3) is 0 Å². The van der Waals surface area contributed by atoms with E-state index in [0.717, 1.165) is 32.1 Å². The molecular formula is C21H26O2. The van der Waals surface area contributed by atoms with E-state index in [0.29, 0.717) is 35.2 Å². The fourth-order valence-electron chi connectivity index (χ4n) is 7.19. The lowest BCUT2D eigenvalue weighted by Crippen LogP contribution is -2.55. The number of carbonyl (C=O) groups excluding carboxylic acids is 2. The number of ketones is 2. The highest BCUT2D eigenvalue weighted by Crippen LogP contribution is 2.71. The van der Waals surface area contributed by atoms with Crippen LogP contribution >= 0.6 is 0 Å². The fourth-order valence-corrected chi connectivity index (χ4v) is 7.19. The molecule has 2 nitrogen and oxygen atoms in total. The Balaban J connectivity index is 1.52. The molecule has 0 bridgehead atoms. The van der Waals surface area contributed by atoms with Crippen molar-refractivity contribution in [2.24, 2.45) is 34.5 Å². The minimum atomic E-state index is 0.0368. The number of allylic oxidation sites excluding steroid dienone is 4. The highest BCUT2D eigenvalue weighted by atomic mass is 16.1. The van der Waals surface area contributed by atoms with Crippen LogP contribution in [0.1, 0.15) is 58.3 Å². The lowest BCUT2D eigenvalue weighted by atomic mass is 9.45. The maximum Gasteiger partial charge on any atom is 0.155 e. The average Bonchev–Trinajstić information content (AvgIpc) is 2.88. The van der Waals surface area contributed by atoms with Gasteiger partial charge in [-0.05, 0) is 79.3 Å². The van der Waals surface area contributed by atoms with Crippen LogP contribution in [0.25, 0.3) is 0 Å². The Morgan fingerprint density at radius 1 is 1.04 bits per heavy atom. The highest BCUT2D eigenvalue weighted by molar-refractivity contribution is 5.92. The lowest BCUT2D eigenvalue weighted by molar-refractivity contribution is -0.153. The van der Waals surface area contributed by atoms with E-state index in [1.54, 1.807) is 0 Å². The molecule has 0 unspecified atom stereocenters. The summed E-state index contributed by atoms with van der Waals surface area (Å²) >= 11 is 0. The van der Waals surface area contributed by atoms with Crippen LogP contribution in [0.2, 0.25) is 0 Å². The molecule has 1 spiro atoms. The van der Waals surface area contributed by atoms with Crippen molar-refractivity contribution in [2.45, 2.75) is 58.3 Å². The summed E-state index contributed by atoms with van der Waals surface area (Å²) in [6, 6.07) is 0. The van der Waals surface area contributed by atoms with Gasteiger partial charge in [0.15, 0.2) is 5.78 Å². The predicted molar refractivity (Wildman–Crippen MR) is 88.7 cm³/mol. The summed E-state index contributed by atoms with van der Waals surface area (Å²) in [5, 5.41) is 0. The standard InChI is InChI=1S/C21H26O2/c1-20-9-6-16-15-5-3-14(22)12-13(15)2-4-17(16)18(20)7-10-21(20)11-8-19(21)23/h2,4,12,15-18H,3,5-11H2,1H3/t15-,16+,17+,18-,20-,21-/m0/s1. The molecule has 122 valence electrons. The molecule has 3 fully saturated rings. The molecule has 23 heavy (non-hydrogen) atoms. The van der Waals surface area contributed by atoms with Crippen molar-refractivity contribution in [3.8, 4) is 0 Å². The Bertz CT molecular complexity index is 657. The van der Waals surface area contributed by atoms with Gasteiger partial charge in [-0.3, -0.25) is 9.59 Å². The smallest absolute Gasteiger partial charge is 0.155 e. The molecule has 0 aliphatic heterocycles. The summed E-state index contributed by atoms with van der Waals surface area (Å²) < 4.78 is 0. The van der Waals surface area contributed by atoms with Gasteiger partial charge in [-0.1, -0.05) is 19.1 Å². The van der Waals surface area contributed by atoms with Crippen LogP contribution in [-0.4, -0.2) is 11.6 Å². The number of Topliss-reactive ketones (excluding diaryl/α,β-unsaturated/α-hetero) is 1. The van der Waals surface area contributed by atoms with Crippen LogP contribution in [0, 0.1) is 34.5 Å². The zero-order chi connectivity index (χ0) is 15.8. The Labute approximate surface area is 138 Å². The van der Waals surface area contributed by atoms with E-state index in [-0.39, 0.29) is 10.8 Å². The molecule has 6 atom stereocenters. The number of hydrogen-bond acceptors (Lipinski definition) is 2. The fraction of sp³-hybridized carbons (Fsp3) is 0.714. The molecule has 2 heteroatoms. The van der Waals surface area contributed by atoms with Gasteiger partial charge in [-0.25, -0.2) is 0 Å². The number of hydrogen-bond donors (Lipinski definition) is 0. The molecule has 0 aromatic rings. The third-order valence-electron chi connectivity index (χ3n) is 8.55. The van der Waals surface area contributed by atoms with E-state index < -0.39 is 0 Å². The van der Waals surface area contributed by atoms with E-state index in [4.69, 9.17) is 0 Å². The minimum absolute atomic E-state index is 0.0368. The summed E-state index contributed by atoms with van der Waals surface area (Å²) in [7, 11) is 0. The lowest BCUT2D eigenvalue weighted by Gasteiger charge is -2.57. The third-order valence-corrected chi connectivity index (χ3v) is 8.55. The van der Waals surface area contributed by atoms with E-state index in [9.17, 15) is 9.59 Å². The quantitative estimate of drug-likeness (QED) is 0.670. The second kappa shape index (κ2) is 4.46. The van der Waals surface area contributed by atoms with Gasteiger partial charge in [-0.15, -0.1) is 0 Å². The second-order valence-electron chi connectivity index (χ2n) is 8.96. The van der Waals surface area contributed by atoms with Gasteiger partial charge in [0.05, 0.1) is 0 Å². The Kier molecular flexibility index (Phi) is 2.75. The van der Waals surface area contributed by atoms with Crippen molar-refractivity contribution >= 4 is 11.6 Å². The van der Waals surface area contributed by atoms with Gasteiger partial charge in [0.2, 0.25) is 0 Å². The molecule has 5 rings (SSSR count). The van der Waals surface area contributed by atoms with Crippen molar-refractivity contribution in [1.82, 2.24) is 0 Å². The first kappa shape index (κ1) is 14.2. The van der Waals surface area contributed by atoms with E-state index in [1.807, 2.05) is 6.08 Å². The minimum Gasteiger partial charge on any atom is -0.299 e. The molecule has 0 saturated heterocycles. The summed E-state index contributed by atoms with van der Waals surface area (Å²) in [6.45, 7) is 2.43. The maximum atomic E-state index is 12.5. The summed E-state index contributed by atoms with van der Waals surface area (Å²) in [4.78, 5) is 24.2. The van der Waals surface area contributed by atoms with Crippen molar-refractivity contribution in [3.05, 3.63) is 23.8 Å². The van der Waals surface area contributed by atoms with Crippen LogP contribution in [0.5, 0.6) is 0 Å². The third kappa shape index (κ3) is 1.60. The van der Waals surface area contributed by atoms with E-state index in [1.165, 1.54) is 24.8 Å². The van der Waals surface area contributed by atoms with E-state index in [2.05, 4.69) is 19.1 Å². The van der Waals surface area contributed by atoms with Crippen molar-refractivity contribution in [1.29, 1.82) is 0 Å². The Morgan fingerprint density at radius 3 is 2.65 bits per heavy atom. The molecular weight excluding hydrogens is 284 g/mol. The van der Waals surface area contributed by atoms with Crippen LogP contribution in [0.3, 0.4) is 0 Å². The molecule has 0 amide bonds. The van der Waals surface area contributed by atoms with Crippen LogP contribution < -0.4 is 0 Å². The zero-order valence-electron chi connectivity index (χ0n) is 14.0. The van der Waals surface area contributed by atoms with Crippen LogP contribution in [0.4, 0.5) is 0 Å². The molecule has 3 saturated carbocycles. The van der Waals surface area contributed by atoms with Crippen molar-refractivity contribution in [3.63, 3.8) is 0 Å². The van der Waals surface area contributed by atoms with Gasteiger partial charge in [0.1, 0.15) is 5.78 Å². The number of rotatable bonds is 0. The first-order chi connectivity index (χ1) is 11.1. The molecule has 0 aromatic carbocycles. The van der Waals surface area contributed by atoms with Gasteiger partial charge >= 0.3 is 0 Å². The van der Waals surface area contributed by atoms with Crippen molar-refractivity contribution in [2.75, 3.05) is 0 Å². The largest absolute Gasteiger partial charge is 0.299 e. The number of fused-ring (bicyclic) bond motifs is 6. The molecule has 5 aliphatic rings. The molecule has 0 heterocycles.